The number of benzene rings is 2. The molecule has 1 saturated heterocycles. The Kier molecular flexibility index (Phi) is 5.35. The van der Waals surface area contributed by atoms with E-state index in [4.69, 9.17) is 9.47 Å². The zero-order valence-corrected chi connectivity index (χ0v) is 18.3. The second-order valence-electron chi connectivity index (χ2n) is 8.77. The van der Waals surface area contributed by atoms with E-state index in [-0.39, 0.29) is 5.82 Å². The maximum absolute atomic E-state index is 13.6. The molecule has 0 unspecified atom stereocenters. The van der Waals surface area contributed by atoms with Crippen LogP contribution in [-0.2, 0) is 0 Å². The van der Waals surface area contributed by atoms with Crippen LogP contribution in [0.15, 0.2) is 36.7 Å². The minimum Gasteiger partial charge on any atom is -0.493 e. The van der Waals surface area contributed by atoms with Gasteiger partial charge in [-0.25, -0.2) is 14.4 Å². The number of fused-ring (bicyclic) bond motifs is 2. The molecule has 2 aromatic carbocycles. The molecular weight excluding hydrogens is 411 g/mol. The summed E-state index contributed by atoms with van der Waals surface area (Å²) in [7, 11) is 1.60. The van der Waals surface area contributed by atoms with Crippen LogP contribution in [-0.4, -0.2) is 58.9 Å². The molecule has 0 radical (unpaired) electrons. The van der Waals surface area contributed by atoms with Crippen molar-refractivity contribution < 1.29 is 19.0 Å². The minimum atomic E-state index is -0.422. The highest BCUT2D eigenvalue weighted by atomic mass is 19.1. The Balaban J connectivity index is 1.30. The number of rotatable bonds is 8. The average molecular weight is 439 g/mol. The molecule has 0 bridgehead atoms. The summed E-state index contributed by atoms with van der Waals surface area (Å²) in [4.78, 5) is 11.0. The quantitative estimate of drug-likeness (QED) is 0.520. The fourth-order valence-electron chi connectivity index (χ4n) is 4.50. The summed E-state index contributed by atoms with van der Waals surface area (Å²) in [6, 6.07) is 8.55. The Morgan fingerprint density at radius 2 is 2.12 bits per heavy atom. The lowest BCUT2D eigenvalue weighted by molar-refractivity contribution is 0.125. The van der Waals surface area contributed by atoms with Crippen LogP contribution < -0.4 is 14.8 Å². The lowest BCUT2D eigenvalue weighted by Gasteiger charge is -2.19. The van der Waals surface area contributed by atoms with E-state index in [1.165, 1.54) is 12.4 Å². The molecule has 32 heavy (non-hydrogen) atoms. The summed E-state index contributed by atoms with van der Waals surface area (Å²) < 4.78 is 25.2. The Morgan fingerprint density at radius 1 is 1.25 bits per heavy atom. The second-order valence-corrected chi connectivity index (χ2v) is 8.77. The van der Waals surface area contributed by atoms with Crippen LogP contribution in [0.25, 0.3) is 10.9 Å². The molecule has 0 spiro atoms. The van der Waals surface area contributed by atoms with E-state index in [1.807, 2.05) is 12.1 Å². The summed E-state index contributed by atoms with van der Waals surface area (Å²) in [6.07, 6.45) is 3.29. The number of methoxy groups -OCH3 is 1. The molecule has 2 heterocycles. The number of aliphatic hydroxyl groups is 1. The van der Waals surface area contributed by atoms with Crippen molar-refractivity contribution in [2.24, 2.45) is 5.92 Å². The van der Waals surface area contributed by atoms with Crippen molar-refractivity contribution in [3.05, 3.63) is 48.0 Å². The third-order valence-corrected chi connectivity index (χ3v) is 6.39. The Hall–Kier alpha value is -2.97. The van der Waals surface area contributed by atoms with Crippen molar-refractivity contribution >= 4 is 22.4 Å². The fraction of sp³-hybridized carbons (Fsp3) is 0.417. The number of piperidine rings is 1. The van der Waals surface area contributed by atoms with Gasteiger partial charge < -0.3 is 19.9 Å². The first-order chi connectivity index (χ1) is 15.4. The van der Waals surface area contributed by atoms with Gasteiger partial charge in [0.25, 0.3) is 0 Å². The Bertz CT molecular complexity index is 1160. The molecule has 1 aromatic heterocycles. The molecular formula is C24H27FN4O3. The van der Waals surface area contributed by atoms with Crippen LogP contribution in [0.4, 0.5) is 15.9 Å². The largest absolute Gasteiger partial charge is 0.493 e. The number of halogens is 1. The highest BCUT2D eigenvalue weighted by Gasteiger charge is 2.58. The first kappa shape index (κ1) is 20.9. The van der Waals surface area contributed by atoms with Gasteiger partial charge in [0.05, 0.1) is 24.8 Å². The minimum absolute atomic E-state index is 0.247. The molecule has 0 amide bonds. The first-order valence-corrected chi connectivity index (χ1v) is 10.9. The molecule has 1 aliphatic carbocycles. The van der Waals surface area contributed by atoms with Gasteiger partial charge in [0, 0.05) is 42.7 Å². The normalized spacial score (nSPS) is 22.1. The van der Waals surface area contributed by atoms with Crippen LogP contribution in [0.2, 0.25) is 0 Å². The lowest BCUT2D eigenvalue weighted by atomic mass is 10.2. The molecule has 168 valence electrons. The SMILES string of the molecule is COc1cc2ncnc(Nc3ccc(F)c(C)c3)c2cc1OCCCN1C[C@H]2C[C@@]2(O)C1. The molecule has 3 aromatic rings. The van der Waals surface area contributed by atoms with E-state index in [0.29, 0.717) is 35.4 Å². The van der Waals surface area contributed by atoms with Gasteiger partial charge >= 0.3 is 0 Å². The van der Waals surface area contributed by atoms with Crippen molar-refractivity contribution in [3.8, 4) is 11.5 Å². The van der Waals surface area contributed by atoms with E-state index < -0.39 is 5.60 Å². The molecule has 2 aliphatic rings. The summed E-state index contributed by atoms with van der Waals surface area (Å²) in [6.45, 7) is 4.90. The predicted octanol–water partition coefficient (Wildman–Crippen LogP) is 3.67. The van der Waals surface area contributed by atoms with E-state index >= 15 is 0 Å². The molecule has 2 atom stereocenters. The van der Waals surface area contributed by atoms with Crippen LogP contribution in [0.1, 0.15) is 18.4 Å². The number of aryl methyl sites for hydroxylation is 1. The van der Waals surface area contributed by atoms with Crippen LogP contribution in [0.5, 0.6) is 11.5 Å². The van der Waals surface area contributed by atoms with Crippen molar-refractivity contribution in [1.29, 1.82) is 0 Å². The van der Waals surface area contributed by atoms with Gasteiger partial charge in [-0.2, -0.15) is 0 Å². The average Bonchev–Trinajstić information content (AvgIpc) is 3.30. The number of aromatic nitrogens is 2. The van der Waals surface area contributed by atoms with Crippen molar-refractivity contribution in [2.75, 3.05) is 38.7 Å². The van der Waals surface area contributed by atoms with Gasteiger partial charge in [0.2, 0.25) is 0 Å². The van der Waals surface area contributed by atoms with Gasteiger partial charge in [-0.3, -0.25) is 4.90 Å². The number of β-amino-alcohol motifs (C(OH)–C–C–N with tert-alkyl or cyclic N) is 1. The summed E-state index contributed by atoms with van der Waals surface area (Å²) in [5.74, 6) is 2.05. The van der Waals surface area contributed by atoms with Crippen molar-refractivity contribution in [2.45, 2.75) is 25.4 Å². The zero-order valence-electron chi connectivity index (χ0n) is 18.3. The van der Waals surface area contributed by atoms with Gasteiger partial charge in [0.1, 0.15) is 18.0 Å². The maximum atomic E-state index is 13.6. The number of anilines is 2. The third-order valence-electron chi connectivity index (χ3n) is 6.39. The summed E-state index contributed by atoms with van der Waals surface area (Å²) >= 11 is 0. The van der Waals surface area contributed by atoms with Crippen molar-refractivity contribution in [1.82, 2.24) is 14.9 Å². The standard InChI is InChI=1S/C24H27FN4O3/c1-15-8-17(4-5-19(15)25)28-23-18-9-22(21(31-2)10-20(18)26-14-27-23)32-7-3-6-29-12-16-11-24(16,30)13-29/h4-5,8-10,14,16,30H,3,6-7,11-13H2,1-2H3,(H,26,27,28)/t16-,24-/m1/s1. The third kappa shape index (κ3) is 4.08. The number of nitrogens with one attached hydrogen (secondary N) is 1. The number of likely N-dealkylation sites (tertiary alicyclic amines) is 1. The smallest absolute Gasteiger partial charge is 0.162 e. The van der Waals surface area contributed by atoms with Gasteiger partial charge in [0.15, 0.2) is 11.5 Å². The Morgan fingerprint density at radius 3 is 2.88 bits per heavy atom. The molecule has 2 fully saturated rings. The summed E-state index contributed by atoms with van der Waals surface area (Å²) in [5.41, 5.74) is 1.60. The zero-order chi connectivity index (χ0) is 22.3. The van der Waals surface area contributed by atoms with Crippen molar-refractivity contribution in [3.63, 3.8) is 0 Å². The lowest BCUT2D eigenvalue weighted by Crippen LogP contribution is -2.29. The first-order valence-electron chi connectivity index (χ1n) is 10.9. The number of hydrogen-bond acceptors (Lipinski definition) is 7. The Labute approximate surface area is 186 Å². The summed E-state index contributed by atoms with van der Waals surface area (Å²) in [5, 5.41) is 14.2. The second kappa shape index (κ2) is 8.18. The monoisotopic (exact) mass is 438 g/mol. The molecule has 2 N–H and O–H groups in total. The van der Waals surface area contributed by atoms with Crippen LogP contribution in [0.3, 0.4) is 0 Å². The molecule has 1 saturated carbocycles. The number of hydrogen-bond donors (Lipinski definition) is 2. The van der Waals surface area contributed by atoms with Crippen LogP contribution >= 0.6 is 0 Å². The van der Waals surface area contributed by atoms with Gasteiger partial charge in [-0.15, -0.1) is 0 Å². The highest BCUT2D eigenvalue weighted by molar-refractivity contribution is 5.93. The van der Waals surface area contributed by atoms with Gasteiger partial charge in [-0.1, -0.05) is 0 Å². The number of ether oxygens (including phenoxy) is 2. The maximum Gasteiger partial charge on any atom is 0.162 e. The number of nitrogens with zero attached hydrogens (tertiary/aromatic N) is 3. The predicted molar refractivity (Wildman–Crippen MR) is 120 cm³/mol. The topological polar surface area (TPSA) is 79.7 Å². The molecule has 5 rings (SSSR count). The molecule has 1 aliphatic heterocycles. The fourth-order valence-corrected chi connectivity index (χ4v) is 4.50. The van der Waals surface area contributed by atoms with Gasteiger partial charge in [-0.05, 0) is 49.6 Å². The molecule has 7 nitrogen and oxygen atoms in total. The van der Waals surface area contributed by atoms with E-state index in [9.17, 15) is 9.50 Å². The van der Waals surface area contributed by atoms with E-state index in [1.54, 1.807) is 26.2 Å². The van der Waals surface area contributed by atoms with E-state index in [2.05, 4.69) is 20.2 Å². The van der Waals surface area contributed by atoms with E-state index in [0.717, 1.165) is 49.1 Å². The molecule has 8 heteroatoms. The highest BCUT2D eigenvalue weighted by Crippen LogP contribution is 2.49. The van der Waals surface area contributed by atoms with Crippen LogP contribution in [0, 0.1) is 18.7 Å².